The Hall–Kier alpha value is -3.76. The number of benzene rings is 3. The molecular weight excluding hydrogens is 617 g/mol. The lowest BCUT2D eigenvalue weighted by Gasteiger charge is -2.46. The van der Waals surface area contributed by atoms with Crippen LogP contribution in [0.15, 0.2) is 102 Å². The van der Waals surface area contributed by atoms with Gasteiger partial charge in [0.1, 0.15) is 5.75 Å². The summed E-state index contributed by atoms with van der Waals surface area (Å²) >= 11 is 0. The second kappa shape index (κ2) is 13.6. The highest BCUT2D eigenvalue weighted by Gasteiger charge is 2.57. The molecule has 2 amide bonds. The molecule has 2 aliphatic heterocycles. The maximum absolute atomic E-state index is 13.5. The number of hydrogen-bond acceptors (Lipinski definition) is 6. The second-order valence-electron chi connectivity index (χ2n) is 14.6. The van der Waals surface area contributed by atoms with Gasteiger partial charge in [-0.2, -0.15) is 0 Å². The van der Waals surface area contributed by atoms with E-state index >= 15 is 0 Å². The molecule has 9 heteroatoms. The van der Waals surface area contributed by atoms with Gasteiger partial charge in [0.2, 0.25) is 11.8 Å². The number of phenolic OH excluding ortho intramolecular Hbond substituents is 1. The van der Waals surface area contributed by atoms with Crippen molar-refractivity contribution < 1.29 is 28.8 Å². The van der Waals surface area contributed by atoms with Crippen LogP contribution in [0.25, 0.3) is 6.08 Å². The number of phenols is 1. The predicted octanol–water partition coefficient (Wildman–Crippen LogP) is 5.58. The first-order valence-corrected chi connectivity index (χ1v) is 18.9. The minimum absolute atomic E-state index is 0.161. The Morgan fingerprint density at radius 1 is 0.958 bits per heavy atom. The number of likely N-dealkylation sites (tertiary alicyclic amines) is 1. The first-order chi connectivity index (χ1) is 22.9. The van der Waals surface area contributed by atoms with E-state index in [1.54, 1.807) is 19.2 Å². The monoisotopic (exact) mass is 663 g/mol. The number of allylic oxidation sites excluding steroid dienone is 1. The van der Waals surface area contributed by atoms with Gasteiger partial charge in [0.05, 0.1) is 24.5 Å². The van der Waals surface area contributed by atoms with Crippen LogP contribution in [0.5, 0.6) is 5.75 Å². The summed E-state index contributed by atoms with van der Waals surface area (Å²) in [4.78, 5) is 28.3. The van der Waals surface area contributed by atoms with Gasteiger partial charge in [-0.1, -0.05) is 111 Å². The van der Waals surface area contributed by atoms with Crippen LogP contribution in [-0.4, -0.2) is 62.0 Å². The number of amides is 2. The van der Waals surface area contributed by atoms with Gasteiger partial charge in [-0.15, -0.1) is 0 Å². The topological polar surface area (TPSA) is 96.3 Å². The van der Waals surface area contributed by atoms with Crippen LogP contribution in [0.1, 0.15) is 52.5 Å². The summed E-state index contributed by atoms with van der Waals surface area (Å²) in [7, 11) is -2.38. The summed E-state index contributed by atoms with van der Waals surface area (Å²) in [6.45, 7) is 9.06. The molecule has 3 aliphatic rings. The maximum atomic E-state index is 13.5. The Kier molecular flexibility index (Phi) is 9.69. The molecule has 2 saturated heterocycles. The van der Waals surface area contributed by atoms with E-state index in [4.69, 9.17) is 9.08 Å². The van der Waals surface area contributed by atoms with Crippen LogP contribution in [0.2, 0.25) is 11.4 Å². The molecule has 250 valence electrons. The highest BCUT2D eigenvalue weighted by atomic mass is 28.4. The van der Waals surface area contributed by atoms with E-state index in [1.165, 1.54) is 15.3 Å². The van der Waals surface area contributed by atoms with E-state index in [1.807, 2.05) is 37.3 Å². The van der Waals surface area contributed by atoms with E-state index in [9.17, 15) is 19.7 Å². The lowest BCUT2D eigenvalue weighted by atomic mass is 9.58. The molecule has 0 aromatic heterocycles. The van der Waals surface area contributed by atoms with Crippen molar-refractivity contribution in [2.24, 2.45) is 17.8 Å². The number of rotatable bonds is 9. The van der Waals surface area contributed by atoms with Gasteiger partial charge in [-0.05, 0) is 71.0 Å². The minimum Gasteiger partial charge on any atom is -0.507 e. The molecule has 2 N–H and O–H groups in total. The summed E-state index contributed by atoms with van der Waals surface area (Å²) in [6.07, 6.45) is 3.45. The van der Waals surface area contributed by atoms with Gasteiger partial charge in [0, 0.05) is 12.6 Å². The largest absolute Gasteiger partial charge is 0.507 e. The number of hydrogen-bond donors (Lipinski definition) is 2. The van der Waals surface area contributed by atoms with Crippen molar-refractivity contribution in [3.8, 4) is 5.75 Å². The van der Waals surface area contributed by atoms with Crippen molar-refractivity contribution in [3.05, 3.63) is 107 Å². The summed E-state index contributed by atoms with van der Waals surface area (Å²) in [5, 5.41) is 23.4. The predicted molar refractivity (Wildman–Crippen MR) is 192 cm³/mol. The Balaban J connectivity index is 1.41. The fourth-order valence-electron chi connectivity index (χ4n) is 8.32. The third-order valence-corrected chi connectivity index (χ3v) is 15.5. The number of carbonyl (C=O) groups excluding carboxylic acids is 2. The van der Waals surface area contributed by atoms with Crippen LogP contribution in [0.4, 0.5) is 0 Å². The molecule has 0 saturated carbocycles. The van der Waals surface area contributed by atoms with Crippen molar-refractivity contribution in [2.45, 2.75) is 64.4 Å². The summed E-state index contributed by atoms with van der Waals surface area (Å²) in [5.74, 6) is -1.44. The van der Waals surface area contributed by atoms with E-state index < -0.39 is 33.4 Å². The van der Waals surface area contributed by atoms with Crippen molar-refractivity contribution in [1.82, 2.24) is 4.90 Å². The van der Waals surface area contributed by atoms with E-state index in [0.29, 0.717) is 25.9 Å². The third-order valence-electron chi connectivity index (χ3n) is 10.5. The van der Waals surface area contributed by atoms with Gasteiger partial charge in [0.15, 0.2) is 0 Å². The van der Waals surface area contributed by atoms with E-state index in [-0.39, 0.29) is 34.8 Å². The molecule has 0 radical (unpaired) electrons. The number of carbonyl (C=O) groups is 2. The number of imide groups is 1. The molecule has 1 aliphatic carbocycles. The Morgan fingerprint density at radius 2 is 1.56 bits per heavy atom. The van der Waals surface area contributed by atoms with Gasteiger partial charge >= 0.3 is 7.12 Å². The Bertz CT molecular complexity index is 1680. The zero-order valence-electron chi connectivity index (χ0n) is 28.6. The highest BCUT2D eigenvalue weighted by molar-refractivity contribution is 6.99. The lowest BCUT2D eigenvalue weighted by Crippen LogP contribution is -2.66. The van der Waals surface area contributed by atoms with Gasteiger partial charge in [0.25, 0.3) is 8.32 Å². The molecule has 2 heterocycles. The number of aromatic hydroxyl groups is 1. The molecule has 6 rings (SSSR count). The van der Waals surface area contributed by atoms with Crippen molar-refractivity contribution in [2.75, 3.05) is 13.7 Å². The molecule has 0 spiro atoms. The molecule has 4 atom stereocenters. The molecule has 3 aromatic rings. The van der Waals surface area contributed by atoms with Crippen LogP contribution < -0.4 is 10.4 Å². The van der Waals surface area contributed by atoms with E-state index in [2.05, 4.69) is 69.3 Å². The first kappa shape index (κ1) is 34.1. The van der Waals surface area contributed by atoms with Crippen LogP contribution in [-0.2, 0) is 18.7 Å². The van der Waals surface area contributed by atoms with Crippen LogP contribution in [0, 0.1) is 17.8 Å². The molecule has 7 nitrogen and oxygen atoms in total. The normalized spacial score (nSPS) is 23.4. The minimum atomic E-state index is -2.91. The van der Waals surface area contributed by atoms with Gasteiger partial charge < -0.3 is 19.2 Å². The summed E-state index contributed by atoms with van der Waals surface area (Å²) in [6, 6.07) is 28.2. The number of fused-ring (bicyclic) bond motifs is 3. The van der Waals surface area contributed by atoms with Gasteiger partial charge in [-0.25, -0.2) is 0 Å². The van der Waals surface area contributed by atoms with Crippen LogP contribution >= 0.6 is 0 Å². The Labute approximate surface area is 285 Å². The number of para-hydroxylation sites is 1. The van der Waals surface area contributed by atoms with Gasteiger partial charge in [-0.3, -0.25) is 14.5 Å². The fourth-order valence-corrected chi connectivity index (χ4v) is 12.9. The second-order valence-corrected chi connectivity index (χ2v) is 18.9. The smallest absolute Gasteiger partial charge is 0.455 e. The average molecular weight is 664 g/mol. The standard InChI is InChI=1S/C39H46BNO6Si/c1-26(22-27-14-12-13-19-33(27)42)20-21-34-35-28(23-31-36(32(35)24-40(45)47-34)38(44)41(5)37(31)43)25-46-48(39(2,3)4,29-15-8-6-9-16-29)30-17-10-7-11-18-30/h6-19,22,31-32,34,36,42,45H,20-21,23-25H2,1-5H3/b26-22+/t31-,32+,34-,36-/m1/s1. The highest BCUT2D eigenvalue weighted by Crippen LogP contribution is 2.51. The molecule has 0 bridgehead atoms. The molecular formula is C39H46BNO6Si. The number of nitrogens with zero attached hydrogens (tertiary/aromatic N) is 1. The average Bonchev–Trinajstić information content (AvgIpc) is 3.28. The van der Waals surface area contributed by atoms with E-state index in [0.717, 1.165) is 22.3 Å². The Morgan fingerprint density at radius 3 is 2.17 bits per heavy atom. The summed E-state index contributed by atoms with van der Waals surface area (Å²) in [5.41, 5.74) is 3.81. The third kappa shape index (κ3) is 6.25. The zero-order chi connectivity index (χ0) is 34.2. The maximum Gasteiger partial charge on any atom is 0.455 e. The molecule has 0 unspecified atom stereocenters. The zero-order valence-corrected chi connectivity index (χ0v) is 29.6. The van der Waals surface area contributed by atoms with Crippen molar-refractivity contribution >= 4 is 43.7 Å². The molecule has 2 fully saturated rings. The molecule has 3 aromatic carbocycles. The quantitative estimate of drug-likeness (QED) is 0.176. The van der Waals surface area contributed by atoms with Crippen molar-refractivity contribution in [3.63, 3.8) is 0 Å². The SMILES string of the molecule is C/C(=C\c1ccccc1O)CC[C@H]1OB(O)C[C@H]2C1=C(CO[Si](c1ccccc1)(c1ccccc1)C(C)(C)C)C[C@H]1C(=O)N(C)C(=O)[C@H]12. The first-order valence-electron chi connectivity index (χ1n) is 17.0. The van der Waals surface area contributed by atoms with Crippen molar-refractivity contribution in [1.29, 1.82) is 0 Å². The summed E-state index contributed by atoms with van der Waals surface area (Å²) < 4.78 is 13.7. The molecule has 48 heavy (non-hydrogen) atoms. The van der Waals surface area contributed by atoms with Crippen LogP contribution in [0.3, 0.4) is 0 Å². The lowest BCUT2D eigenvalue weighted by molar-refractivity contribution is -0.138. The fraction of sp³-hybridized carbons (Fsp3) is 0.385.